The first-order chi connectivity index (χ1) is 10.6. The van der Waals surface area contributed by atoms with Crippen LogP contribution in [0.5, 0.6) is 5.75 Å². The normalized spacial score (nSPS) is 32.8. The smallest absolute Gasteiger partial charge is 0.404 e. The molecule has 22 heavy (non-hydrogen) atoms. The zero-order chi connectivity index (χ0) is 15.3. The van der Waals surface area contributed by atoms with Crippen molar-refractivity contribution in [3.8, 4) is 5.75 Å². The molecule has 4 rings (SSSR count). The van der Waals surface area contributed by atoms with E-state index in [-0.39, 0.29) is 0 Å². The number of halogens is 1. The van der Waals surface area contributed by atoms with Crippen molar-refractivity contribution < 1.29 is 14.3 Å². The lowest BCUT2D eigenvalue weighted by molar-refractivity contribution is 0.111. The third kappa shape index (κ3) is 2.58. The lowest BCUT2D eigenvalue weighted by atomic mass is 10.0. The minimum absolute atomic E-state index is 0.458. The van der Waals surface area contributed by atoms with E-state index in [0.717, 1.165) is 36.3 Å². The predicted octanol–water partition coefficient (Wildman–Crippen LogP) is 2.03. The van der Waals surface area contributed by atoms with E-state index in [1.165, 1.54) is 5.56 Å². The van der Waals surface area contributed by atoms with Gasteiger partial charge in [-0.15, -0.1) is 0 Å². The fraction of sp³-hybridized carbons (Fsp3) is 0.562. The minimum atomic E-state index is -0.662. The molecule has 1 saturated heterocycles. The lowest BCUT2D eigenvalue weighted by Crippen LogP contribution is -2.43. The van der Waals surface area contributed by atoms with Gasteiger partial charge in [0.1, 0.15) is 12.4 Å². The van der Waals surface area contributed by atoms with E-state index in [9.17, 15) is 4.79 Å². The maximum Gasteiger partial charge on any atom is 0.404 e. The molecule has 2 aliphatic heterocycles. The fourth-order valence-electron chi connectivity index (χ4n) is 3.97. The van der Waals surface area contributed by atoms with Gasteiger partial charge >= 0.3 is 6.09 Å². The van der Waals surface area contributed by atoms with Crippen LogP contribution in [0.1, 0.15) is 5.56 Å². The van der Waals surface area contributed by atoms with E-state index in [1.807, 2.05) is 6.07 Å². The number of carbonyl (C=O) groups is 1. The highest BCUT2D eigenvalue weighted by Crippen LogP contribution is 2.52. The summed E-state index contributed by atoms with van der Waals surface area (Å²) in [5, 5.41) is 0. The van der Waals surface area contributed by atoms with Crippen LogP contribution < -0.4 is 10.5 Å². The van der Waals surface area contributed by atoms with Crippen molar-refractivity contribution in [1.82, 2.24) is 4.90 Å². The van der Waals surface area contributed by atoms with Gasteiger partial charge in [-0.3, -0.25) is 4.90 Å². The summed E-state index contributed by atoms with van der Waals surface area (Å²) in [6.45, 7) is 3.40. The summed E-state index contributed by atoms with van der Waals surface area (Å²) in [5.41, 5.74) is 6.31. The number of rotatable bonds is 3. The molecule has 1 saturated carbocycles. The van der Waals surface area contributed by atoms with Crippen LogP contribution in [0.3, 0.4) is 0 Å². The van der Waals surface area contributed by atoms with E-state index >= 15 is 0 Å². The summed E-state index contributed by atoms with van der Waals surface area (Å²) in [6.07, 6.45) is 0.384. The highest BCUT2D eigenvalue weighted by atomic mass is 79.9. The van der Waals surface area contributed by atoms with Crippen LogP contribution >= 0.6 is 15.9 Å². The Hall–Kier alpha value is -1.27. The van der Waals surface area contributed by atoms with Gasteiger partial charge in [-0.1, -0.05) is 22.0 Å². The third-order valence-corrected chi connectivity index (χ3v) is 5.74. The first-order valence-corrected chi connectivity index (χ1v) is 8.48. The van der Waals surface area contributed by atoms with E-state index in [0.29, 0.717) is 30.4 Å². The third-order valence-electron chi connectivity index (χ3n) is 5.25. The van der Waals surface area contributed by atoms with E-state index < -0.39 is 6.09 Å². The standard InChI is InChI=1S/C16H19BrN2O3/c17-10-2-1-9-3-11(7-21-15(9)4-10)19-5-12-13(6-19)14(12)8-22-16(18)20/h1-2,4,11-14H,3,5-8H2,(H2,18,20). The summed E-state index contributed by atoms with van der Waals surface area (Å²) in [5.74, 6) is 2.83. The highest BCUT2D eigenvalue weighted by molar-refractivity contribution is 9.10. The summed E-state index contributed by atoms with van der Waals surface area (Å²) < 4.78 is 11.9. The fourth-order valence-corrected chi connectivity index (χ4v) is 4.31. The van der Waals surface area contributed by atoms with Crippen molar-refractivity contribution in [2.24, 2.45) is 23.5 Å². The molecule has 3 atom stereocenters. The number of nitrogens with two attached hydrogens (primary N) is 1. The Balaban J connectivity index is 1.33. The van der Waals surface area contributed by atoms with Gasteiger partial charge in [0, 0.05) is 29.5 Å². The van der Waals surface area contributed by atoms with Gasteiger partial charge < -0.3 is 15.2 Å². The number of ether oxygens (including phenoxy) is 2. The maximum atomic E-state index is 10.7. The van der Waals surface area contributed by atoms with Crippen molar-refractivity contribution in [2.45, 2.75) is 12.5 Å². The van der Waals surface area contributed by atoms with Crippen molar-refractivity contribution in [3.05, 3.63) is 28.2 Å². The van der Waals surface area contributed by atoms with E-state index in [2.05, 4.69) is 33.0 Å². The first-order valence-electron chi connectivity index (χ1n) is 7.69. The molecule has 3 unspecified atom stereocenters. The maximum absolute atomic E-state index is 10.7. The van der Waals surface area contributed by atoms with Gasteiger partial charge in [-0.2, -0.15) is 0 Å². The Kier molecular flexibility index (Phi) is 3.53. The van der Waals surface area contributed by atoms with Crippen molar-refractivity contribution in [3.63, 3.8) is 0 Å². The monoisotopic (exact) mass is 366 g/mol. The Morgan fingerprint density at radius 2 is 2.18 bits per heavy atom. The van der Waals surface area contributed by atoms with Gasteiger partial charge in [-0.25, -0.2) is 4.79 Å². The molecule has 6 heteroatoms. The molecule has 1 aliphatic carbocycles. The average Bonchev–Trinajstić information content (AvgIpc) is 2.94. The molecule has 0 bridgehead atoms. The number of hydrogen-bond donors (Lipinski definition) is 1. The van der Waals surface area contributed by atoms with Gasteiger partial charge in [0.25, 0.3) is 0 Å². The number of fused-ring (bicyclic) bond motifs is 2. The Morgan fingerprint density at radius 1 is 1.41 bits per heavy atom. The zero-order valence-corrected chi connectivity index (χ0v) is 13.8. The number of hydrogen-bond acceptors (Lipinski definition) is 4. The van der Waals surface area contributed by atoms with Crippen LogP contribution in [0, 0.1) is 17.8 Å². The molecule has 0 aromatic heterocycles. The topological polar surface area (TPSA) is 64.8 Å². The van der Waals surface area contributed by atoms with Gasteiger partial charge in [0.2, 0.25) is 0 Å². The number of carbonyl (C=O) groups excluding carboxylic acids is 1. The minimum Gasteiger partial charge on any atom is -0.492 e. The van der Waals surface area contributed by atoms with Crippen LogP contribution in [-0.4, -0.2) is 43.3 Å². The second-order valence-corrected chi connectivity index (χ2v) is 7.41. The number of benzene rings is 1. The molecular formula is C16H19BrN2O3. The number of amides is 1. The highest BCUT2D eigenvalue weighted by Gasteiger charge is 2.57. The van der Waals surface area contributed by atoms with Gasteiger partial charge in [-0.05, 0) is 36.0 Å². The number of primary amides is 1. The Labute approximate surface area is 137 Å². The van der Waals surface area contributed by atoms with Crippen molar-refractivity contribution >= 4 is 22.0 Å². The van der Waals surface area contributed by atoms with E-state index in [1.54, 1.807) is 0 Å². The van der Waals surface area contributed by atoms with Crippen LogP contribution in [0.15, 0.2) is 22.7 Å². The molecular weight excluding hydrogens is 348 g/mol. The predicted molar refractivity (Wildman–Crippen MR) is 84.7 cm³/mol. The van der Waals surface area contributed by atoms with Crippen LogP contribution in [-0.2, 0) is 11.2 Å². The molecule has 0 radical (unpaired) electrons. The second kappa shape index (κ2) is 5.42. The molecule has 1 aromatic rings. The summed E-state index contributed by atoms with van der Waals surface area (Å²) in [4.78, 5) is 13.2. The van der Waals surface area contributed by atoms with Gasteiger partial charge in [0.05, 0.1) is 6.61 Å². The summed E-state index contributed by atoms with van der Waals surface area (Å²) >= 11 is 3.48. The van der Waals surface area contributed by atoms with E-state index in [4.69, 9.17) is 15.2 Å². The lowest BCUT2D eigenvalue weighted by Gasteiger charge is -2.33. The van der Waals surface area contributed by atoms with Crippen LogP contribution in [0.4, 0.5) is 4.79 Å². The zero-order valence-electron chi connectivity index (χ0n) is 12.2. The average molecular weight is 367 g/mol. The number of piperidine rings is 1. The SMILES string of the molecule is NC(=O)OCC1C2CN(C3COc4cc(Br)ccc4C3)CC12. The molecule has 2 fully saturated rings. The van der Waals surface area contributed by atoms with Crippen molar-refractivity contribution in [1.29, 1.82) is 0 Å². The number of nitrogens with zero attached hydrogens (tertiary/aromatic N) is 1. The molecule has 1 amide bonds. The molecule has 5 nitrogen and oxygen atoms in total. The molecule has 3 aliphatic rings. The summed E-state index contributed by atoms with van der Waals surface area (Å²) in [7, 11) is 0. The summed E-state index contributed by atoms with van der Waals surface area (Å²) in [6, 6.07) is 6.72. The Morgan fingerprint density at radius 3 is 2.91 bits per heavy atom. The largest absolute Gasteiger partial charge is 0.492 e. The molecule has 0 spiro atoms. The molecule has 118 valence electrons. The van der Waals surface area contributed by atoms with Crippen molar-refractivity contribution in [2.75, 3.05) is 26.3 Å². The molecule has 1 aromatic carbocycles. The number of likely N-dealkylation sites (tertiary alicyclic amines) is 1. The molecule has 2 N–H and O–H groups in total. The second-order valence-electron chi connectivity index (χ2n) is 6.50. The van der Waals surface area contributed by atoms with Crippen LogP contribution in [0.25, 0.3) is 0 Å². The molecule has 2 heterocycles. The first kappa shape index (κ1) is 14.3. The Bertz CT molecular complexity index is 597. The van der Waals surface area contributed by atoms with Crippen LogP contribution in [0.2, 0.25) is 0 Å². The quantitative estimate of drug-likeness (QED) is 0.888. The van der Waals surface area contributed by atoms with Gasteiger partial charge in [0.15, 0.2) is 0 Å².